The van der Waals surface area contributed by atoms with Gasteiger partial charge in [0, 0.05) is 5.70 Å². The zero-order valence-electron chi connectivity index (χ0n) is 26.1. The molecular weight excluding hydrogens is 726 g/mol. The van der Waals surface area contributed by atoms with Crippen molar-refractivity contribution in [3.8, 4) is 23.0 Å². The third kappa shape index (κ3) is 9.34. The van der Waals surface area contributed by atoms with Gasteiger partial charge >= 0.3 is 12.0 Å². The largest absolute Gasteiger partial charge is 0.493 e. The van der Waals surface area contributed by atoms with Gasteiger partial charge in [0.05, 0.1) is 41.7 Å². The van der Waals surface area contributed by atoms with Crippen molar-refractivity contribution in [2.45, 2.75) is 33.4 Å². The van der Waals surface area contributed by atoms with Crippen LogP contribution in [-0.2, 0) is 20.9 Å². The highest BCUT2D eigenvalue weighted by molar-refractivity contribution is 14.1. The molecule has 0 spiro atoms. The SMILES string of the molecule is CCOC(=O)C1=C(C)NC(=O)N[C@H]1c1ccc(OCC(=O)N/N=C\c2cc(I)c(OCc3cccc(F)c3)c(OCC)c2)c(OC)c1. The van der Waals surface area contributed by atoms with E-state index in [0.717, 1.165) is 3.57 Å². The topological polar surface area (TPSA) is 146 Å². The maximum absolute atomic E-state index is 13.6. The molecule has 3 N–H and O–H groups in total. The van der Waals surface area contributed by atoms with Gasteiger partial charge in [-0.25, -0.2) is 19.4 Å². The number of hydrogen-bond acceptors (Lipinski definition) is 9. The van der Waals surface area contributed by atoms with Gasteiger partial charge in [0.2, 0.25) is 0 Å². The third-order valence-electron chi connectivity index (χ3n) is 6.65. The molecule has 3 amide bonds. The molecule has 1 aliphatic heterocycles. The molecule has 14 heteroatoms. The number of hydrazone groups is 1. The summed E-state index contributed by atoms with van der Waals surface area (Å²) in [5.74, 6) is 0.0981. The van der Waals surface area contributed by atoms with Crippen LogP contribution in [0.4, 0.5) is 9.18 Å². The Hall–Kier alpha value is -4.86. The first-order valence-electron chi connectivity index (χ1n) is 14.5. The molecule has 0 aromatic heterocycles. The molecule has 0 radical (unpaired) electrons. The standard InChI is InChI=1S/C33H34FIN4O8/c1-5-44-27-14-21(13-24(35)31(27)47-17-20-8-7-9-23(34)12-20)16-36-39-28(40)18-46-25-11-10-22(15-26(25)43-4)30-29(32(41)45-6-2)19(3)37-33(42)38-30/h7-16,30H,5-6,17-18H2,1-4H3,(H,39,40)(H2,37,38,42)/b36-16-/t30-/m0/s1. The van der Waals surface area contributed by atoms with Crippen molar-refractivity contribution >= 4 is 46.7 Å². The quantitative estimate of drug-likeness (QED) is 0.0888. The Bertz CT molecular complexity index is 1700. The third-order valence-corrected chi connectivity index (χ3v) is 7.45. The van der Waals surface area contributed by atoms with Crippen molar-refractivity contribution in [2.24, 2.45) is 5.10 Å². The number of esters is 1. The average Bonchev–Trinajstić information content (AvgIpc) is 3.03. The molecule has 248 valence electrons. The minimum absolute atomic E-state index is 0.158. The Morgan fingerprint density at radius 1 is 1.02 bits per heavy atom. The van der Waals surface area contributed by atoms with E-state index in [0.29, 0.717) is 40.5 Å². The van der Waals surface area contributed by atoms with E-state index in [-0.39, 0.29) is 42.7 Å². The van der Waals surface area contributed by atoms with E-state index in [9.17, 15) is 18.8 Å². The van der Waals surface area contributed by atoms with E-state index in [1.54, 1.807) is 56.3 Å². The number of rotatable bonds is 14. The van der Waals surface area contributed by atoms with Crippen molar-refractivity contribution in [1.82, 2.24) is 16.1 Å². The Balaban J connectivity index is 1.39. The predicted molar refractivity (Wildman–Crippen MR) is 179 cm³/mol. The maximum atomic E-state index is 13.6. The van der Waals surface area contributed by atoms with Gasteiger partial charge in [0.15, 0.2) is 29.6 Å². The number of carbonyl (C=O) groups is 3. The van der Waals surface area contributed by atoms with Crippen molar-refractivity contribution in [2.75, 3.05) is 26.9 Å². The summed E-state index contributed by atoms with van der Waals surface area (Å²) >= 11 is 2.11. The first-order chi connectivity index (χ1) is 22.6. The molecule has 3 aromatic carbocycles. The molecule has 47 heavy (non-hydrogen) atoms. The predicted octanol–water partition coefficient (Wildman–Crippen LogP) is 5.14. The Morgan fingerprint density at radius 3 is 2.55 bits per heavy atom. The summed E-state index contributed by atoms with van der Waals surface area (Å²) in [7, 11) is 1.43. The fourth-order valence-corrected chi connectivity index (χ4v) is 5.39. The number of ether oxygens (including phenoxy) is 5. The first-order valence-corrected chi connectivity index (χ1v) is 15.6. The molecule has 0 saturated carbocycles. The number of nitrogens with zero attached hydrogens (tertiary/aromatic N) is 1. The molecule has 4 rings (SSSR count). The lowest BCUT2D eigenvalue weighted by atomic mass is 9.95. The Morgan fingerprint density at radius 2 is 1.83 bits per heavy atom. The van der Waals surface area contributed by atoms with Gasteiger partial charge in [-0.2, -0.15) is 5.10 Å². The molecule has 1 aliphatic rings. The lowest BCUT2D eigenvalue weighted by Gasteiger charge is -2.28. The minimum atomic E-state index is -0.788. The molecule has 0 fully saturated rings. The van der Waals surface area contributed by atoms with E-state index in [2.05, 4.69) is 43.8 Å². The number of halogens is 2. The van der Waals surface area contributed by atoms with Crippen LogP contribution >= 0.6 is 22.6 Å². The second-order valence-corrected chi connectivity index (χ2v) is 11.1. The van der Waals surface area contributed by atoms with Gasteiger partial charge < -0.3 is 34.3 Å². The highest BCUT2D eigenvalue weighted by Gasteiger charge is 2.32. The lowest BCUT2D eigenvalue weighted by molar-refractivity contribution is -0.139. The van der Waals surface area contributed by atoms with Crippen LogP contribution in [0.15, 0.2) is 71.0 Å². The zero-order chi connectivity index (χ0) is 33.9. The lowest BCUT2D eigenvalue weighted by Crippen LogP contribution is -2.45. The molecule has 1 heterocycles. The molecule has 0 unspecified atom stereocenters. The molecule has 1 atom stereocenters. The van der Waals surface area contributed by atoms with Crippen molar-refractivity contribution < 1.29 is 42.5 Å². The number of urea groups is 1. The summed E-state index contributed by atoms with van der Waals surface area (Å²) < 4.78 is 42.3. The van der Waals surface area contributed by atoms with E-state index in [4.69, 9.17) is 23.7 Å². The van der Waals surface area contributed by atoms with Gasteiger partial charge in [-0.1, -0.05) is 18.2 Å². The molecule has 0 bridgehead atoms. The smallest absolute Gasteiger partial charge is 0.338 e. The summed E-state index contributed by atoms with van der Waals surface area (Å²) in [5, 5.41) is 9.35. The first kappa shape index (κ1) is 35.0. The van der Waals surface area contributed by atoms with Crippen LogP contribution in [0.25, 0.3) is 0 Å². The molecule has 3 aromatic rings. The zero-order valence-corrected chi connectivity index (χ0v) is 28.3. The number of amides is 3. The van der Waals surface area contributed by atoms with Crippen LogP contribution in [0.2, 0.25) is 0 Å². The van der Waals surface area contributed by atoms with Crippen LogP contribution in [-0.4, -0.2) is 51.1 Å². The van der Waals surface area contributed by atoms with E-state index in [1.165, 1.54) is 25.5 Å². The highest BCUT2D eigenvalue weighted by Crippen LogP contribution is 2.36. The maximum Gasteiger partial charge on any atom is 0.338 e. The van der Waals surface area contributed by atoms with E-state index >= 15 is 0 Å². The van der Waals surface area contributed by atoms with Crippen molar-refractivity contribution in [3.63, 3.8) is 0 Å². The minimum Gasteiger partial charge on any atom is -0.493 e. The van der Waals surface area contributed by atoms with Crippen LogP contribution < -0.4 is 35.0 Å². The fourth-order valence-electron chi connectivity index (χ4n) is 4.61. The molecule has 0 saturated heterocycles. The van der Waals surface area contributed by atoms with E-state index < -0.39 is 23.9 Å². The monoisotopic (exact) mass is 760 g/mol. The number of hydrogen-bond donors (Lipinski definition) is 3. The number of allylic oxidation sites excluding steroid dienone is 1. The second-order valence-electron chi connectivity index (χ2n) is 9.96. The highest BCUT2D eigenvalue weighted by atomic mass is 127. The van der Waals surface area contributed by atoms with Gasteiger partial charge in [-0.15, -0.1) is 0 Å². The van der Waals surface area contributed by atoms with Crippen molar-refractivity contribution in [1.29, 1.82) is 0 Å². The summed E-state index contributed by atoms with van der Waals surface area (Å²) in [6, 6.07) is 13.3. The average molecular weight is 761 g/mol. The number of benzene rings is 3. The van der Waals surface area contributed by atoms with Crippen LogP contribution in [0, 0.1) is 9.39 Å². The number of nitrogens with one attached hydrogen (secondary N) is 3. The fraction of sp³-hybridized carbons (Fsp3) is 0.273. The number of methoxy groups -OCH3 is 1. The van der Waals surface area contributed by atoms with Crippen LogP contribution in [0.3, 0.4) is 0 Å². The summed E-state index contributed by atoms with van der Waals surface area (Å²) in [6.45, 7) is 5.50. The summed E-state index contributed by atoms with van der Waals surface area (Å²) in [4.78, 5) is 37.3. The number of carbonyl (C=O) groups excluding carboxylic acids is 3. The van der Waals surface area contributed by atoms with Crippen LogP contribution in [0.1, 0.15) is 43.5 Å². The molecule has 12 nitrogen and oxygen atoms in total. The Labute approximate surface area is 284 Å². The van der Waals surface area contributed by atoms with Crippen molar-refractivity contribution in [3.05, 3.63) is 91.9 Å². The Kier molecular flexibility index (Phi) is 12.4. The van der Waals surface area contributed by atoms with Gasteiger partial charge in [0.1, 0.15) is 12.4 Å². The van der Waals surface area contributed by atoms with Crippen LogP contribution in [0.5, 0.6) is 23.0 Å². The van der Waals surface area contributed by atoms with Gasteiger partial charge in [0.25, 0.3) is 5.91 Å². The molecule has 0 aliphatic carbocycles. The summed E-state index contributed by atoms with van der Waals surface area (Å²) in [6.07, 6.45) is 1.46. The van der Waals surface area contributed by atoms with Gasteiger partial charge in [-0.05, 0) is 96.5 Å². The normalized spacial score (nSPS) is 14.3. The second kappa shape index (κ2) is 16.6. The summed E-state index contributed by atoms with van der Waals surface area (Å²) in [5.41, 5.74) is 4.93. The van der Waals surface area contributed by atoms with Gasteiger partial charge in [-0.3, -0.25) is 4.79 Å². The molecular formula is C33H34FIN4O8. The van der Waals surface area contributed by atoms with E-state index in [1.807, 2.05) is 6.92 Å².